The number of amides is 2. The van der Waals surface area contributed by atoms with Gasteiger partial charge in [-0.2, -0.15) is 31.4 Å². The Kier molecular flexibility index (Phi) is 8.74. The Morgan fingerprint density at radius 2 is 1.63 bits per heavy atom. The maximum Gasteiger partial charge on any atom is 0.416 e. The van der Waals surface area contributed by atoms with Crippen LogP contribution in [0.15, 0.2) is 46.6 Å². The lowest BCUT2D eigenvalue weighted by molar-refractivity contribution is -0.143. The highest BCUT2D eigenvalue weighted by Gasteiger charge is 2.37. The molecular weight excluding hydrogens is 518 g/mol. The average Bonchev–Trinajstić information content (AvgIpc) is 3.40. The smallest absolute Gasteiger partial charge is 0.345 e. The van der Waals surface area contributed by atoms with Crippen LogP contribution in [0.5, 0.6) is 0 Å². The topological polar surface area (TPSA) is 90.3 Å². The van der Waals surface area contributed by atoms with E-state index in [0.29, 0.717) is 23.5 Å². The zero-order valence-corrected chi connectivity index (χ0v) is 20.3. The summed E-state index contributed by atoms with van der Waals surface area (Å²) in [7, 11) is 1.58. The SMILES string of the molecule is C[C@@H](C=N/C=N\N(C)c1ccc(C(=O)N2CCCC2)cn1)NC(=O)c1cc(C(F)(F)F)cc(C(F)(F)F)c1. The van der Waals surface area contributed by atoms with Crippen LogP contribution >= 0.6 is 0 Å². The Morgan fingerprint density at radius 1 is 1.03 bits per heavy atom. The van der Waals surface area contributed by atoms with Gasteiger partial charge in [0.05, 0.1) is 22.7 Å². The van der Waals surface area contributed by atoms with Gasteiger partial charge in [-0.3, -0.25) is 9.59 Å². The minimum absolute atomic E-state index is 0.0531. The summed E-state index contributed by atoms with van der Waals surface area (Å²) in [5.74, 6) is -0.809. The van der Waals surface area contributed by atoms with Crippen molar-refractivity contribution in [1.82, 2.24) is 15.2 Å². The van der Waals surface area contributed by atoms with E-state index in [2.05, 4.69) is 20.4 Å². The van der Waals surface area contributed by atoms with Crippen molar-refractivity contribution in [2.75, 3.05) is 25.1 Å². The van der Waals surface area contributed by atoms with Gasteiger partial charge in [0.1, 0.15) is 12.2 Å². The summed E-state index contributed by atoms with van der Waals surface area (Å²) in [6.45, 7) is 2.86. The predicted octanol–water partition coefficient (Wildman–Crippen LogP) is 4.62. The maximum absolute atomic E-state index is 13.0. The van der Waals surface area contributed by atoms with Crippen LogP contribution in [0.25, 0.3) is 0 Å². The summed E-state index contributed by atoms with van der Waals surface area (Å²) < 4.78 is 78.1. The summed E-state index contributed by atoms with van der Waals surface area (Å²) in [5, 5.41) is 7.66. The number of hydrogen-bond donors (Lipinski definition) is 1. The van der Waals surface area contributed by atoms with E-state index in [9.17, 15) is 35.9 Å². The van der Waals surface area contributed by atoms with Gasteiger partial charge < -0.3 is 10.2 Å². The van der Waals surface area contributed by atoms with E-state index < -0.39 is 41.0 Å². The number of hydrogen-bond acceptors (Lipinski definition) is 5. The van der Waals surface area contributed by atoms with E-state index >= 15 is 0 Å². The molecule has 3 rings (SSSR count). The molecule has 38 heavy (non-hydrogen) atoms. The molecule has 14 heteroatoms. The van der Waals surface area contributed by atoms with Crippen molar-refractivity contribution in [1.29, 1.82) is 0 Å². The minimum Gasteiger partial charge on any atom is -0.345 e. The van der Waals surface area contributed by atoms with Crippen molar-refractivity contribution in [3.8, 4) is 0 Å². The van der Waals surface area contributed by atoms with Gasteiger partial charge in [0.25, 0.3) is 11.8 Å². The van der Waals surface area contributed by atoms with Crippen LogP contribution in [0.4, 0.5) is 32.2 Å². The Morgan fingerprint density at radius 3 is 2.16 bits per heavy atom. The first kappa shape index (κ1) is 28.6. The van der Waals surface area contributed by atoms with E-state index in [1.807, 2.05) is 0 Å². The molecule has 1 aromatic heterocycles. The molecule has 0 spiro atoms. The Hall–Kier alpha value is -3.97. The third kappa shape index (κ3) is 7.52. The van der Waals surface area contributed by atoms with Crippen LogP contribution in [0, 0.1) is 0 Å². The highest BCUT2D eigenvalue weighted by atomic mass is 19.4. The zero-order valence-electron chi connectivity index (χ0n) is 20.3. The number of nitrogens with zero attached hydrogens (tertiary/aromatic N) is 5. The van der Waals surface area contributed by atoms with E-state index in [4.69, 9.17) is 0 Å². The molecule has 0 radical (unpaired) electrons. The van der Waals surface area contributed by atoms with E-state index in [1.165, 1.54) is 24.3 Å². The minimum atomic E-state index is -5.07. The molecule has 0 bridgehead atoms. The second kappa shape index (κ2) is 11.6. The van der Waals surface area contributed by atoms with Gasteiger partial charge in [0, 0.05) is 38.1 Å². The molecule has 0 unspecified atom stereocenters. The lowest BCUT2D eigenvalue weighted by Crippen LogP contribution is -2.34. The van der Waals surface area contributed by atoms with Crippen molar-refractivity contribution < 1.29 is 35.9 Å². The van der Waals surface area contributed by atoms with Crippen LogP contribution in [0.3, 0.4) is 0 Å². The number of carbonyl (C=O) groups is 2. The summed E-state index contributed by atoms with van der Waals surface area (Å²) in [4.78, 5) is 34.5. The van der Waals surface area contributed by atoms with E-state index in [0.717, 1.165) is 32.3 Å². The molecule has 2 amide bonds. The number of carbonyl (C=O) groups excluding carboxylic acids is 2. The van der Waals surface area contributed by atoms with E-state index in [1.54, 1.807) is 24.1 Å². The molecule has 1 N–H and O–H groups in total. The molecule has 1 aromatic carbocycles. The number of nitrogens with one attached hydrogen (secondary N) is 1. The summed E-state index contributed by atoms with van der Waals surface area (Å²) in [6, 6.07) is 3.04. The number of likely N-dealkylation sites (tertiary alicyclic amines) is 1. The summed E-state index contributed by atoms with van der Waals surface area (Å²) in [6.07, 6.45) is -4.43. The fourth-order valence-electron chi connectivity index (χ4n) is 3.55. The second-order valence-corrected chi connectivity index (χ2v) is 8.51. The lowest BCUT2D eigenvalue weighted by atomic mass is 10.0. The van der Waals surface area contributed by atoms with Gasteiger partial charge in [-0.15, -0.1) is 0 Å². The molecule has 0 saturated carbocycles. The Balaban J connectivity index is 1.59. The number of alkyl halides is 6. The summed E-state index contributed by atoms with van der Waals surface area (Å²) in [5.41, 5.74) is -3.51. The number of benzene rings is 1. The molecule has 0 aliphatic carbocycles. The fraction of sp³-hybridized carbons (Fsp3) is 0.375. The Labute approximate surface area is 214 Å². The molecule has 1 aliphatic heterocycles. The monoisotopic (exact) mass is 542 g/mol. The van der Waals surface area contributed by atoms with Gasteiger partial charge in [-0.05, 0) is 50.1 Å². The zero-order chi connectivity index (χ0) is 28.1. The molecule has 1 atom stereocenters. The molecule has 1 saturated heterocycles. The molecule has 204 valence electrons. The van der Waals surface area contributed by atoms with Crippen LogP contribution in [0.1, 0.15) is 51.6 Å². The molecule has 8 nitrogen and oxygen atoms in total. The first-order valence-corrected chi connectivity index (χ1v) is 11.4. The molecule has 1 fully saturated rings. The first-order valence-electron chi connectivity index (χ1n) is 11.4. The van der Waals surface area contributed by atoms with Gasteiger partial charge in [0.2, 0.25) is 0 Å². The van der Waals surface area contributed by atoms with Gasteiger partial charge >= 0.3 is 12.4 Å². The predicted molar refractivity (Wildman–Crippen MR) is 128 cm³/mol. The molecule has 1 aliphatic rings. The third-order valence-corrected chi connectivity index (χ3v) is 5.53. The number of halogens is 6. The molecule has 2 aromatic rings. The maximum atomic E-state index is 13.0. The summed E-state index contributed by atoms with van der Waals surface area (Å²) >= 11 is 0. The molecule has 2 heterocycles. The lowest BCUT2D eigenvalue weighted by Gasteiger charge is -2.16. The number of rotatable bonds is 7. The van der Waals surface area contributed by atoms with Crippen molar-refractivity contribution in [2.24, 2.45) is 10.1 Å². The number of aliphatic imine (C=N–C) groups is 1. The van der Waals surface area contributed by atoms with Crippen LogP contribution in [-0.4, -0.2) is 60.4 Å². The average molecular weight is 542 g/mol. The van der Waals surface area contributed by atoms with Crippen LogP contribution in [0.2, 0.25) is 0 Å². The van der Waals surface area contributed by atoms with Gasteiger partial charge in [0.15, 0.2) is 0 Å². The van der Waals surface area contributed by atoms with Crippen molar-refractivity contribution in [3.63, 3.8) is 0 Å². The number of pyridine rings is 1. The van der Waals surface area contributed by atoms with Crippen LogP contribution in [-0.2, 0) is 12.4 Å². The van der Waals surface area contributed by atoms with E-state index in [-0.39, 0.29) is 12.0 Å². The quantitative estimate of drug-likeness (QED) is 0.239. The van der Waals surface area contributed by atoms with Gasteiger partial charge in [-0.25, -0.2) is 15.0 Å². The number of hydrazone groups is 1. The highest BCUT2D eigenvalue weighted by molar-refractivity contribution is 5.96. The normalized spacial score (nSPS) is 15.3. The van der Waals surface area contributed by atoms with Crippen molar-refractivity contribution in [3.05, 3.63) is 58.8 Å². The largest absolute Gasteiger partial charge is 0.416 e. The first-order chi connectivity index (χ1) is 17.8. The van der Waals surface area contributed by atoms with Crippen molar-refractivity contribution >= 4 is 30.2 Å². The van der Waals surface area contributed by atoms with Gasteiger partial charge in [-0.1, -0.05) is 0 Å². The van der Waals surface area contributed by atoms with Crippen LogP contribution < -0.4 is 10.3 Å². The molecular formula is C24H24F6N6O2. The standard InChI is InChI=1S/C24H24F6N6O2/c1-15(34-21(37)17-9-18(23(25,26)27)11-19(10-17)24(28,29)30)12-31-14-33-35(2)20-6-5-16(13-32-20)22(38)36-7-3-4-8-36/h5-6,9-15H,3-4,7-8H2,1-2H3,(H,34,37)/b31-12?,33-14-/t15-/m0/s1. The second-order valence-electron chi connectivity index (χ2n) is 8.51. The number of aromatic nitrogens is 1. The Bertz CT molecular complexity index is 1170. The highest BCUT2D eigenvalue weighted by Crippen LogP contribution is 2.36. The van der Waals surface area contributed by atoms with Crippen molar-refractivity contribution in [2.45, 2.75) is 38.2 Å². The fourth-order valence-corrected chi connectivity index (χ4v) is 3.55. The third-order valence-electron chi connectivity index (χ3n) is 5.53. The number of anilines is 1.